The predicted molar refractivity (Wildman–Crippen MR) is 152 cm³/mol. The number of unbranched alkanes of at least 4 members (excludes halogenated alkanes) is 5. The van der Waals surface area contributed by atoms with E-state index in [-0.39, 0.29) is 0 Å². The number of hydrogen-bond acceptors (Lipinski definition) is 4. The van der Waals surface area contributed by atoms with Crippen LogP contribution in [0.1, 0.15) is 81.9 Å². The number of allylic oxidation sites excluding steroid dienone is 1. The number of hydrogen-bond donors (Lipinski definition) is 3. The van der Waals surface area contributed by atoms with E-state index in [1.165, 1.54) is 73.7 Å². The topological polar surface area (TPSA) is 66.1 Å². The van der Waals surface area contributed by atoms with Crippen molar-refractivity contribution in [2.24, 2.45) is 0 Å². The number of halogens is 1. The Kier molecular flexibility index (Phi) is 10.2. The molecule has 0 bridgehead atoms. The van der Waals surface area contributed by atoms with Gasteiger partial charge in [-0.15, -0.1) is 0 Å². The number of carbonyl (C=O) groups is 1. The lowest BCUT2D eigenvalue weighted by Crippen LogP contribution is -2.36. The first-order valence-corrected chi connectivity index (χ1v) is 14.2. The molecule has 1 atom stereocenters. The molecule has 0 radical (unpaired) electrons. The highest BCUT2D eigenvalue weighted by atomic mass is 35.5. The average Bonchev–Trinajstić information content (AvgIpc) is 2.89. The second-order valence-electron chi connectivity index (χ2n) is 10.1. The fourth-order valence-corrected chi connectivity index (χ4v) is 5.91. The molecule has 0 saturated carbocycles. The Hall–Kier alpha value is -2.37. The molecule has 1 aromatic carbocycles. The largest absolute Gasteiger partial charge is 0.384 e. The summed E-state index contributed by atoms with van der Waals surface area (Å²) in [5.41, 5.74) is 7.17. The highest BCUT2D eigenvalue weighted by molar-refractivity contribution is 6.31. The minimum absolute atomic E-state index is 0.316. The van der Waals surface area contributed by atoms with Crippen molar-refractivity contribution >= 4 is 34.6 Å². The summed E-state index contributed by atoms with van der Waals surface area (Å²) in [4.78, 5) is 15.8. The molecule has 1 aromatic heterocycles. The van der Waals surface area contributed by atoms with Gasteiger partial charge in [-0.2, -0.15) is 0 Å². The summed E-state index contributed by atoms with van der Waals surface area (Å²) in [6, 6.07) is 6.41. The van der Waals surface area contributed by atoms with Crippen molar-refractivity contribution in [1.82, 2.24) is 15.6 Å². The van der Waals surface area contributed by atoms with Gasteiger partial charge in [0.2, 0.25) is 6.41 Å². The first-order valence-electron chi connectivity index (χ1n) is 13.8. The van der Waals surface area contributed by atoms with Gasteiger partial charge in [-0.1, -0.05) is 49.9 Å². The van der Waals surface area contributed by atoms with Crippen LogP contribution in [0.25, 0.3) is 10.9 Å². The van der Waals surface area contributed by atoms with E-state index in [2.05, 4.69) is 28.6 Å². The number of amides is 1. The van der Waals surface area contributed by atoms with Gasteiger partial charge in [0.05, 0.1) is 5.52 Å². The maximum absolute atomic E-state index is 10.8. The number of rotatable bonds is 14. The van der Waals surface area contributed by atoms with Crippen LogP contribution < -0.4 is 16.0 Å². The van der Waals surface area contributed by atoms with Crippen LogP contribution in [-0.4, -0.2) is 30.5 Å². The number of anilines is 1. The first kappa shape index (κ1) is 26.7. The maximum atomic E-state index is 10.8. The summed E-state index contributed by atoms with van der Waals surface area (Å²) in [6.45, 7) is 5.97. The zero-order valence-electron chi connectivity index (χ0n) is 21.5. The number of fused-ring (bicyclic) bond motifs is 2. The van der Waals surface area contributed by atoms with Gasteiger partial charge in [0.1, 0.15) is 0 Å². The molecule has 4 rings (SSSR count). The van der Waals surface area contributed by atoms with Gasteiger partial charge < -0.3 is 16.0 Å². The second kappa shape index (κ2) is 13.8. The molecule has 0 aliphatic heterocycles. The Bertz CT molecular complexity index is 1080. The molecule has 36 heavy (non-hydrogen) atoms. The summed E-state index contributed by atoms with van der Waals surface area (Å²) in [5.74, 6) is 0. The Morgan fingerprint density at radius 2 is 1.78 bits per heavy atom. The molecule has 3 N–H and O–H groups in total. The zero-order chi connectivity index (χ0) is 25.2. The number of aromatic nitrogens is 1. The van der Waals surface area contributed by atoms with Crippen molar-refractivity contribution in [2.45, 2.75) is 89.5 Å². The average molecular weight is 509 g/mol. The summed E-state index contributed by atoms with van der Waals surface area (Å²) in [7, 11) is 0. The number of nitrogens with one attached hydrogen (secondary N) is 3. The number of carbonyl (C=O) groups excluding carboxylic acids is 1. The Morgan fingerprint density at radius 1 is 1.00 bits per heavy atom. The van der Waals surface area contributed by atoms with E-state index in [4.69, 9.17) is 16.6 Å². The number of benzene rings is 1. The lowest BCUT2D eigenvalue weighted by atomic mass is 9.91. The number of aryl methyl sites for hydroxylation is 1. The highest BCUT2D eigenvalue weighted by Gasteiger charge is 2.20. The SMILES string of the molecule is C=CC1=C(NC=O)CCCC1NCCCCCCCCNc1c2c(nc3cc(Cl)ccc13)CCCC2. The minimum Gasteiger partial charge on any atom is -0.384 e. The normalized spacial score (nSPS) is 17.6. The van der Waals surface area contributed by atoms with Crippen LogP contribution in [-0.2, 0) is 17.6 Å². The van der Waals surface area contributed by atoms with Gasteiger partial charge in [-0.3, -0.25) is 9.78 Å². The number of nitrogens with zero attached hydrogens (tertiary/aromatic N) is 1. The molecule has 0 fully saturated rings. The van der Waals surface area contributed by atoms with E-state index in [9.17, 15) is 4.79 Å². The monoisotopic (exact) mass is 508 g/mol. The maximum Gasteiger partial charge on any atom is 0.211 e. The van der Waals surface area contributed by atoms with Crippen molar-refractivity contribution in [2.75, 3.05) is 18.4 Å². The number of pyridine rings is 1. The third-order valence-corrected chi connectivity index (χ3v) is 7.85. The summed E-state index contributed by atoms with van der Waals surface area (Å²) in [6.07, 6.45) is 17.9. The van der Waals surface area contributed by atoms with Crippen LogP contribution in [0.15, 0.2) is 42.1 Å². The molecule has 194 valence electrons. The molecule has 1 heterocycles. The van der Waals surface area contributed by atoms with E-state index in [0.29, 0.717) is 6.04 Å². The molecule has 0 saturated heterocycles. The fourth-order valence-electron chi connectivity index (χ4n) is 5.74. The Balaban J connectivity index is 1.15. The minimum atomic E-state index is 0.316. The van der Waals surface area contributed by atoms with Gasteiger partial charge in [0.25, 0.3) is 0 Å². The third-order valence-electron chi connectivity index (χ3n) is 7.62. The quantitative estimate of drug-likeness (QED) is 0.193. The van der Waals surface area contributed by atoms with Crippen LogP contribution in [0.2, 0.25) is 5.02 Å². The van der Waals surface area contributed by atoms with Crippen molar-refractivity contribution in [3.8, 4) is 0 Å². The highest BCUT2D eigenvalue weighted by Crippen LogP contribution is 2.34. The molecule has 2 aliphatic carbocycles. The van der Waals surface area contributed by atoms with E-state index < -0.39 is 0 Å². The Morgan fingerprint density at radius 3 is 2.58 bits per heavy atom. The van der Waals surface area contributed by atoms with E-state index in [1.54, 1.807) is 0 Å². The van der Waals surface area contributed by atoms with E-state index in [0.717, 1.165) is 73.4 Å². The molecule has 1 unspecified atom stereocenters. The van der Waals surface area contributed by atoms with Gasteiger partial charge >= 0.3 is 0 Å². The van der Waals surface area contributed by atoms with Crippen molar-refractivity contribution < 1.29 is 4.79 Å². The van der Waals surface area contributed by atoms with Crippen molar-refractivity contribution in [3.05, 3.63) is 58.4 Å². The molecule has 5 nitrogen and oxygen atoms in total. The van der Waals surface area contributed by atoms with Gasteiger partial charge in [-0.05, 0) is 93.7 Å². The zero-order valence-corrected chi connectivity index (χ0v) is 22.3. The molecule has 0 spiro atoms. The van der Waals surface area contributed by atoms with Gasteiger partial charge in [0.15, 0.2) is 0 Å². The molecular weight excluding hydrogens is 468 g/mol. The van der Waals surface area contributed by atoms with Gasteiger partial charge in [0, 0.05) is 40.1 Å². The standard InChI is InChI=1S/C30H41ClN4O/c1-2-23-26(14-11-15-27(23)34-21-36)32-18-9-5-3-4-6-10-19-33-30-24-12-7-8-13-28(24)35-29-20-22(31)16-17-25(29)30/h2,16-17,20-21,26,32H,1,3-15,18-19H2,(H,33,35)(H,34,36). The van der Waals surface area contributed by atoms with Crippen molar-refractivity contribution in [3.63, 3.8) is 0 Å². The molecular formula is C30H41ClN4O. The lowest BCUT2D eigenvalue weighted by molar-refractivity contribution is -0.109. The van der Waals surface area contributed by atoms with E-state index >= 15 is 0 Å². The lowest BCUT2D eigenvalue weighted by Gasteiger charge is -2.27. The first-order chi connectivity index (χ1) is 17.7. The summed E-state index contributed by atoms with van der Waals surface area (Å²) >= 11 is 6.25. The predicted octanol–water partition coefficient (Wildman–Crippen LogP) is 6.85. The van der Waals surface area contributed by atoms with Crippen LogP contribution in [0, 0.1) is 0 Å². The van der Waals surface area contributed by atoms with Gasteiger partial charge in [-0.25, -0.2) is 0 Å². The molecule has 2 aliphatic rings. The van der Waals surface area contributed by atoms with Crippen LogP contribution in [0.3, 0.4) is 0 Å². The fraction of sp³-hybridized carbons (Fsp3) is 0.533. The second-order valence-corrected chi connectivity index (χ2v) is 10.6. The molecule has 1 amide bonds. The van der Waals surface area contributed by atoms with Crippen LogP contribution >= 0.6 is 11.6 Å². The summed E-state index contributed by atoms with van der Waals surface area (Å²) in [5, 5.41) is 12.3. The summed E-state index contributed by atoms with van der Waals surface area (Å²) < 4.78 is 0. The van der Waals surface area contributed by atoms with Crippen LogP contribution in [0.5, 0.6) is 0 Å². The smallest absolute Gasteiger partial charge is 0.211 e. The van der Waals surface area contributed by atoms with Crippen molar-refractivity contribution in [1.29, 1.82) is 0 Å². The Labute approximate surface area is 221 Å². The molecule has 2 aromatic rings. The van der Waals surface area contributed by atoms with E-state index in [1.807, 2.05) is 18.2 Å². The van der Waals surface area contributed by atoms with Crippen LogP contribution in [0.4, 0.5) is 5.69 Å². The third kappa shape index (κ3) is 6.89. The molecule has 6 heteroatoms.